The van der Waals surface area contributed by atoms with Gasteiger partial charge >= 0.3 is 6.09 Å². The molecule has 8 nitrogen and oxygen atoms in total. The summed E-state index contributed by atoms with van der Waals surface area (Å²) in [6, 6.07) is 1.64. The van der Waals surface area contributed by atoms with Gasteiger partial charge in [0.25, 0.3) is 0 Å². The van der Waals surface area contributed by atoms with E-state index in [1.165, 1.54) is 0 Å². The highest BCUT2D eigenvalue weighted by molar-refractivity contribution is 5.80. The second kappa shape index (κ2) is 10.4. The third-order valence-corrected chi connectivity index (χ3v) is 6.52. The third kappa shape index (κ3) is 6.48. The Balaban J connectivity index is 1.56. The van der Waals surface area contributed by atoms with Gasteiger partial charge in [-0.3, -0.25) is 9.89 Å². The highest BCUT2D eigenvalue weighted by Crippen LogP contribution is 2.36. The van der Waals surface area contributed by atoms with Gasteiger partial charge in [0.1, 0.15) is 5.60 Å². The van der Waals surface area contributed by atoms with E-state index < -0.39 is 5.60 Å². The molecule has 3 aliphatic heterocycles. The normalized spacial score (nSPS) is 30.8. The summed E-state index contributed by atoms with van der Waals surface area (Å²) in [5.74, 6) is 0.880. The molecule has 0 saturated carbocycles. The van der Waals surface area contributed by atoms with Crippen LogP contribution in [0.5, 0.6) is 0 Å². The summed E-state index contributed by atoms with van der Waals surface area (Å²) in [5, 5.41) is 7.06. The first-order valence-electron chi connectivity index (χ1n) is 12.1. The molecule has 3 rings (SSSR count). The van der Waals surface area contributed by atoms with E-state index in [0.717, 1.165) is 64.5 Å². The number of amides is 1. The van der Waals surface area contributed by atoms with Gasteiger partial charge < -0.3 is 25.0 Å². The molecular formula is C23H43N5O3. The number of nitrogens with one attached hydrogen (secondary N) is 2. The molecule has 0 radical (unpaired) electrons. The van der Waals surface area contributed by atoms with Gasteiger partial charge in [0.2, 0.25) is 0 Å². The maximum Gasteiger partial charge on any atom is 0.410 e. The van der Waals surface area contributed by atoms with Gasteiger partial charge in [0.05, 0.1) is 19.8 Å². The van der Waals surface area contributed by atoms with Crippen LogP contribution in [0.4, 0.5) is 4.79 Å². The Morgan fingerprint density at radius 3 is 2.52 bits per heavy atom. The predicted octanol–water partition coefficient (Wildman–Crippen LogP) is 2.58. The van der Waals surface area contributed by atoms with Gasteiger partial charge in [-0.25, -0.2) is 4.79 Å². The van der Waals surface area contributed by atoms with E-state index in [0.29, 0.717) is 18.1 Å². The number of hydrogen-bond acceptors (Lipinski definition) is 5. The van der Waals surface area contributed by atoms with Gasteiger partial charge in [0.15, 0.2) is 5.96 Å². The zero-order valence-electron chi connectivity index (χ0n) is 20.3. The average Bonchev–Trinajstić information content (AvgIpc) is 2.96. The number of piperidine rings is 1. The van der Waals surface area contributed by atoms with Gasteiger partial charge in [-0.2, -0.15) is 0 Å². The molecule has 0 aromatic heterocycles. The van der Waals surface area contributed by atoms with Crippen molar-refractivity contribution in [1.82, 2.24) is 20.4 Å². The number of morpholine rings is 1. The zero-order valence-corrected chi connectivity index (χ0v) is 20.3. The number of hydrogen-bond donors (Lipinski definition) is 2. The Morgan fingerprint density at radius 2 is 1.94 bits per heavy atom. The second-order valence-corrected chi connectivity index (χ2v) is 10.3. The summed E-state index contributed by atoms with van der Waals surface area (Å²) in [6.07, 6.45) is 3.84. The molecule has 0 aromatic rings. The Bertz CT molecular complexity index is 621. The molecule has 2 bridgehead atoms. The fourth-order valence-corrected chi connectivity index (χ4v) is 5.14. The van der Waals surface area contributed by atoms with Crippen LogP contribution < -0.4 is 10.6 Å². The highest BCUT2D eigenvalue weighted by atomic mass is 16.6. The summed E-state index contributed by atoms with van der Waals surface area (Å²) < 4.78 is 11.2. The Labute approximate surface area is 188 Å². The van der Waals surface area contributed by atoms with Crippen LogP contribution in [-0.4, -0.2) is 90.5 Å². The lowest BCUT2D eigenvalue weighted by Crippen LogP contribution is -2.55. The molecule has 0 aromatic carbocycles. The summed E-state index contributed by atoms with van der Waals surface area (Å²) >= 11 is 0. The van der Waals surface area contributed by atoms with Gasteiger partial charge in [-0.15, -0.1) is 0 Å². The SMILES string of the molecule is CCNC(=NCC(C)N1CCOCC1C)NC1CC2CCC(C1)N2C(=O)OC(C)(C)C. The molecule has 3 fully saturated rings. The zero-order chi connectivity index (χ0) is 22.6. The average molecular weight is 438 g/mol. The Kier molecular flexibility index (Phi) is 8.08. The maximum absolute atomic E-state index is 12.7. The quantitative estimate of drug-likeness (QED) is 0.508. The van der Waals surface area contributed by atoms with Crippen LogP contribution in [-0.2, 0) is 9.47 Å². The number of ether oxygens (including phenoxy) is 2. The van der Waals surface area contributed by atoms with Crippen LogP contribution in [0.1, 0.15) is 67.2 Å². The van der Waals surface area contributed by atoms with Crippen molar-refractivity contribution >= 4 is 12.1 Å². The summed E-state index contributed by atoms with van der Waals surface area (Å²) in [5.41, 5.74) is -0.453. The van der Waals surface area contributed by atoms with Crippen molar-refractivity contribution in [1.29, 1.82) is 0 Å². The van der Waals surface area contributed by atoms with Gasteiger partial charge in [0, 0.05) is 43.3 Å². The number of carbonyl (C=O) groups is 1. The van der Waals surface area contributed by atoms with E-state index in [2.05, 4.69) is 36.3 Å². The molecule has 3 aliphatic rings. The van der Waals surface area contributed by atoms with Crippen LogP contribution in [0.3, 0.4) is 0 Å². The van der Waals surface area contributed by atoms with Crippen molar-refractivity contribution < 1.29 is 14.3 Å². The maximum atomic E-state index is 12.7. The van der Waals surface area contributed by atoms with E-state index in [-0.39, 0.29) is 18.2 Å². The van der Waals surface area contributed by atoms with Crippen molar-refractivity contribution in [2.24, 2.45) is 4.99 Å². The lowest BCUT2D eigenvalue weighted by atomic mass is 9.98. The number of nitrogens with zero attached hydrogens (tertiary/aromatic N) is 3. The minimum absolute atomic E-state index is 0.160. The van der Waals surface area contributed by atoms with Crippen LogP contribution in [0.25, 0.3) is 0 Å². The molecule has 178 valence electrons. The minimum Gasteiger partial charge on any atom is -0.444 e. The molecule has 31 heavy (non-hydrogen) atoms. The minimum atomic E-state index is -0.453. The third-order valence-electron chi connectivity index (χ3n) is 6.52. The summed E-state index contributed by atoms with van der Waals surface area (Å²) in [6.45, 7) is 16.5. The molecule has 4 atom stereocenters. The number of rotatable bonds is 5. The Hall–Kier alpha value is -1.54. The van der Waals surface area contributed by atoms with E-state index in [1.807, 2.05) is 25.7 Å². The smallest absolute Gasteiger partial charge is 0.410 e. The van der Waals surface area contributed by atoms with Crippen molar-refractivity contribution in [2.45, 2.75) is 103 Å². The van der Waals surface area contributed by atoms with Gasteiger partial charge in [-0.05, 0) is 67.2 Å². The Morgan fingerprint density at radius 1 is 1.26 bits per heavy atom. The number of carbonyl (C=O) groups excluding carboxylic acids is 1. The lowest BCUT2D eigenvalue weighted by Gasteiger charge is -2.40. The molecule has 2 N–H and O–H groups in total. The van der Waals surface area contributed by atoms with Crippen molar-refractivity contribution in [3.63, 3.8) is 0 Å². The highest BCUT2D eigenvalue weighted by Gasteiger charge is 2.45. The molecule has 3 saturated heterocycles. The van der Waals surface area contributed by atoms with E-state index in [4.69, 9.17) is 14.5 Å². The molecule has 0 spiro atoms. The van der Waals surface area contributed by atoms with E-state index in [1.54, 1.807) is 0 Å². The number of aliphatic imine (C=N–C) groups is 1. The summed E-state index contributed by atoms with van der Waals surface area (Å²) in [4.78, 5) is 22.1. The largest absolute Gasteiger partial charge is 0.444 e. The molecule has 4 unspecified atom stereocenters. The van der Waals surface area contributed by atoms with Crippen LogP contribution >= 0.6 is 0 Å². The van der Waals surface area contributed by atoms with E-state index in [9.17, 15) is 4.79 Å². The number of guanidine groups is 1. The standard InChI is InChI=1S/C23H43N5O3/c1-7-24-21(25-14-16(2)27-10-11-30-15-17(27)3)26-18-12-19-8-9-20(13-18)28(19)22(29)31-23(4,5)6/h16-20H,7-15H2,1-6H3,(H2,24,25,26). The molecule has 3 heterocycles. The first-order valence-corrected chi connectivity index (χ1v) is 12.1. The van der Waals surface area contributed by atoms with E-state index >= 15 is 0 Å². The fraction of sp³-hybridized carbons (Fsp3) is 0.913. The second-order valence-electron chi connectivity index (χ2n) is 10.3. The fourth-order valence-electron chi connectivity index (χ4n) is 5.14. The summed E-state index contributed by atoms with van der Waals surface area (Å²) in [7, 11) is 0. The van der Waals surface area contributed by atoms with Crippen molar-refractivity contribution in [3.8, 4) is 0 Å². The molecular weight excluding hydrogens is 394 g/mol. The first kappa shape index (κ1) is 24.1. The number of fused-ring (bicyclic) bond motifs is 2. The van der Waals surface area contributed by atoms with Crippen molar-refractivity contribution in [2.75, 3.05) is 32.8 Å². The van der Waals surface area contributed by atoms with Crippen molar-refractivity contribution in [3.05, 3.63) is 0 Å². The first-order chi connectivity index (χ1) is 14.7. The van der Waals surface area contributed by atoms with Crippen LogP contribution in [0, 0.1) is 0 Å². The molecule has 0 aliphatic carbocycles. The monoisotopic (exact) mass is 437 g/mol. The molecule has 8 heteroatoms. The van der Waals surface area contributed by atoms with Crippen LogP contribution in [0.15, 0.2) is 4.99 Å². The lowest BCUT2D eigenvalue weighted by molar-refractivity contribution is -0.0166. The predicted molar refractivity (Wildman–Crippen MR) is 123 cm³/mol. The topological polar surface area (TPSA) is 78.4 Å². The van der Waals surface area contributed by atoms with Gasteiger partial charge in [-0.1, -0.05) is 0 Å². The molecule has 1 amide bonds. The van der Waals surface area contributed by atoms with Crippen LogP contribution in [0.2, 0.25) is 0 Å².